The van der Waals surface area contributed by atoms with Crippen molar-refractivity contribution in [3.63, 3.8) is 0 Å². The molecule has 1 aliphatic heterocycles. The van der Waals surface area contributed by atoms with E-state index in [2.05, 4.69) is 19.9 Å². The van der Waals surface area contributed by atoms with Crippen LogP contribution in [0.4, 0.5) is 0 Å². The lowest BCUT2D eigenvalue weighted by Gasteiger charge is -2.26. The number of furan rings is 1. The first-order valence-electron chi connectivity index (χ1n) is 4.58. The van der Waals surface area contributed by atoms with Crippen molar-refractivity contribution in [1.29, 1.82) is 0 Å². The van der Waals surface area contributed by atoms with Gasteiger partial charge in [-0.05, 0) is 26.8 Å². The van der Waals surface area contributed by atoms with Crippen LogP contribution in [0.15, 0.2) is 15.9 Å². The Balaban J connectivity index is 2.57. The monoisotopic (exact) mass is 210 g/mol. The lowest BCUT2D eigenvalue weighted by atomic mass is 10.0. The van der Waals surface area contributed by atoms with Crippen molar-refractivity contribution < 1.29 is 9.15 Å². The molecule has 0 bridgehead atoms. The normalized spacial score (nSPS) is 18.7. The third-order valence-corrected chi connectivity index (χ3v) is 3.55. The zero-order chi connectivity index (χ0) is 10.3. The first-order valence-corrected chi connectivity index (χ1v) is 5.46. The Hall–Kier alpha value is -0.830. The Labute approximate surface area is 88.3 Å². The second kappa shape index (κ2) is 3.09. The SMILES string of the molecule is COC1=CSC(C)(C)c2cc(C)oc21. The van der Waals surface area contributed by atoms with Gasteiger partial charge in [0, 0.05) is 15.7 Å². The highest BCUT2D eigenvalue weighted by Gasteiger charge is 2.32. The number of ether oxygens (including phenoxy) is 1. The topological polar surface area (TPSA) is 22.4 Å². The average molecular weight is 210 g/mol. The molecule has 0 aromatic carbocycles. The quantitative estimate of drug-likeness (QED) is 0.708. The predicted molar refractivity (Wildman–Crippen MR) is 59.0 cm³/mol. The highest BCUT2D eigenvalue weighted by molar-refractivity contribution is 8.03. The first-order chi connectivity index (χ1) is 6.54. The molecule has 2 heterocycles. The minimum atomic E-state index is 0.0785. The van der Waals surface area contributed by atoms with Crippen molar-refractivity contribution in [2.45, 2.75) is 25.5 Å². The number of aryl methyl sites for hydroxylation is 1. The van der Waals surface area contributed by atoms with E-state index < -0.39 is 0 Å². The standard InChI is InChI=1S/C11H14O2S/c1-7-5-8-10(13-7)9(12-4)6-14-11(8,2)3/h5-6H,1-4H3. The molecular weight excluding hydrogens is 196 g/mol. The van der Waals surface area contributed by atoms with Gasteiger partial charge in [0.2, 0.25) is 0 Å². The Bertz CT molecular complexity index is 388. The molecule has 0 fully saturated rings. The van der Waals surface area contributed by atoms with Crippen LogP contribution in [0, 0.1) is 6.92 Å². The van der Waals surface area contributed by atoms with Gasteiger partial charge in [0.25, 0.3) is 0 Å². The lowest BCUT2D eigenvalue weighted by Crippen LogP contribution is -2.15. The molecule has 0 saturated heterocycles. The fourth-order valence-electron chi connectivity index (χ4n) is 1.60. The Morgan fingerprint density at radius 1 is 1.43 bits per heavy atom. The maximum absolute atomic E-state index is 5.64. The summed E-state index contributed by atoms with van der Waals surface area (Å²) in [6.45, 7) is 6.34. The van der Waals surface area contributed by atoms with Gasteiger partial charge in [0.15, 0.2) is 11.5 Å². The minimum absolute atomic E-state index is 0.0785. The number of methoxy groups -OCH3 is 1. The summed E-state index contributed by atoms with van der Waals surface area (Å²) in [5.74, 6) is 2.65. The largest absolute Gasteiger partial charge is 0.492 e. The number of fused-ring (bicyclic) bond motifs is 1. The van der Waals surface area contributed by atoms with Crippen molar-refractivity contribution >= 4 is 17.5 Å². The fourth-order valence-corrected chi connectivity index (χ4v) is 2.49. The van der Waals surface area contributed by atoms with Gasteiger partial charge >= 0.3 is 0 Å². The summed E-state index contributed by atoms with van der Waals surface area (Å²) >= 11 is 1.76. The number of hydrogen-bond donors (Lipinski definition) is 0. The maximum atomic E-state index is 5.64. The van der Waals surface area contributed by atoms with E-state index in [9.17, 15) is 0 Å². The minimum Gasteiger partial charge on any atom is -0.492 e. The van der Waals surface area contributed by atoms with Crippen LogP contribution in [0.5, 0.6) is 0 Å². The Kier molecular flexibility index (Phi) is 2.14. The van der Waals surface area contributed by atoms with Crippen LogP contribution >= 0.6 is 11.8 Å². The van der Waals surface area contributed by atoms with Crippen LogP contribution in [-0.2, 0) is 9.48 Å². The molecule has 2 nitrogen and oxygen atoms in total. The third-order valence-electron chi connectivity index (χ3n) is 2.41. The summed E-state index contributed by atoms with van der Waals surface area (Å²) in [6.07, 6.45) is 0. The van der Waals surface area contributed by atoms with E-state index in [1.54, 1.807) is 18.9 Å². The molecule has 0 unspecified atom stereocenters. The summed E-state index contributed by atoms with van der Waals surface area (Å²) in [5, 5.41) is 2.02. The molecule has 0 spiro atoms. The highest BCUT2D eigenvalue weighted by Crippen LogP contribution is 2.46. The van der Waals surface area contributed by atoms with Gasteiger partial charge in [-0.15, -0.1) is 11.8 Å². The zero-order valence-electron chi connectivity index (χ0n) is 8.88. The molecule has 0 radical (unpaired) electrons. The van der Waals surface area contributed by atoms with Crippen LogP contribution in [-0.4, -0.2) is 7.11 Å². The third kappa shape index (κ3) is 1.36. The smallest absolute Gasteiger partial charge is 0.173 e. The van der Waals surface area contributed by atoms with E-state index >= 15 is 0 Å². The zero-order valence-corrected chi connectivity index (χ0v) is 9.70. The van der Waals surface area contributed by atoms with Gasteiger partial charge in [0.1, 0.15) is 5.76 Å². The molecule has 0 N–H and O–H groups in total. The molecule has 0 amide bonds. The van der Waals surface area contributed by atoms with Crippen molar-refractivity contribution in [3.05, 3.63) is 28.6 Å². The molecule has 0 atom stereocenters. The van der Waals surface area contributed by atoms with E-state index in [-0.39, 0.29) is 4.75 Å². The molecule has 14 heavy (non-hydrogen) atoms. The summed E-state index contributed by atoms with van der Waals surface area (Å²) in [4.78, 5) is 0. The molecule has 2 rings (SSSR count). The van der Waals surface area contributed by atoms with Crippen molar-refractivity contribution in [2.24, 2.45) is 0 Å². The molecule has 1 aliphatic rings. The van der Waals surface area contributed by atoms with Crippen LogP contribution < -0.4 is 0 Å². The maximum Gasteiger partial charge on any atom is 0.173 e. The molecule has 3 heteroatoms. The number of hydrogen-bond acceptors (Lipinski definition) is 3. The van der Waals surface area contributed by atoms with Crippen LogP contribution in [0.2, 0.25) is 0 Å². The van der Waals surface area contributed by atoms with Gasteiger partial charge in [-0.1, -0.05) is 0 Å². The van der Waals surface area contributed by atoms with Crippen LogP contribution in [0.1, 0.15) is 30.9 Å². The number of rotatable bonds is 1. The second-order valence-electron chi connectivity index (χ2n) is 3.91. The summed E-state index contributed by atoms with van der Waals surface area (Å²) < 4.78 is 11.0. The van der Waals surface area contributed by atoms with Crippen LogP contribution in [0.3, 0.4) is 0 Å². The molecule has 0 aliphatic carbocycles. The van der Waals surface area contributed by atoms with E-state index in [0.717, 1.165) is 17.3 Å². The first kappa shape index (κ1) is 9.71. The van der Waals surface area contributed by atoms with E-state index in [1.807, 2.05) is 12.3 Å². The van der Waals surface area contributed by atoms with Crippen molar-refractivity contribution in [3.8, 4) is 0 Å². The second-order valence-corrected chi connectivity index (χ2v) is 5.41. The van der Waals surface area contributed by atoms with Gasteiger partial charge in [0.05, 0.1) is 7.11 Å². The lowest BCUT2D eigenvalue weighted by molar-refractivity contribution is 0.348. The van der Waals surface area contributed by atoms with Gasteiger partial charge < -0.3 is 9.15 Å². The summed E-state index contributed by atoms with van der Waals surface area (Å²) in [7, 11) is 1.67. The van der Waals surface area contributed by atoms with Crippen molar-refractivity contribution in [2.75, 3.05) is 7.11 Å². The van der Waals surface area contributed by atoms with Gasteiger partial charge in [-0.3, -0.25) is 0 Å². The molecule has 76 valence electrons. The van der Waals surface area contributed by atoms with Crippen molar-refractivity contribution in [1.82, 2.24) is 0 Å². The summed E-state index contributed by atoms with van der Waals surface area (Å²) in [6, 6.07) is 2.09. The van der Waals surface area contributed by atoms with E-state index in [4.69, 9.17) is 9.15 Å². The highest BCUT2D eigenvalue weighted by atomic mass is 32.2. The van der Waals surface area contributed by atoms with Gasteiger partial charge in [-0.2, -0.15) is 0 Å². The van der Waals surface area contributed by atoms with E-state index in [1.165, 1.54) is 5.56 Å². The summed E-state index contributed by atoms with van der Waals surface area (Å²) in [5.41, 5.74) is 1.22. The fraction of sp³-hybridized carbons (Fsp3) is 0.455. The van der Waals surface area contributed by atoms with E-state index in [0.29, 0.717) is 0 Å². The number of thioether (sulfide) groups is 1. The Morgan fingerprint density at radius 3 is 2.79 bits per heavy atom. The Morgan fingerprint density at radius 2 is 2.14 bits per heavy atom. The molecule has 0 saturated carbocycles. The molecular formula is C11H14O2S. The molecule has 1 aromatic heterocycles. The predicted octanol–water partition coefficient (Wildman–Crippen LogP) is 3.51. The van der Waals surface area contributed by atoms with Gasteiger partial charge in [-0.25, -0.2) is 0 Å². The average Bonchev–Trinajstić information content (AvgIpc) is 2.48. The van der Waals surface area contributed by atoms with Crippen LogP contribution in [0.25, 0.3) is 5.76 Å². The molecule has 1 aromatic rings.